The highest BCUT2D eigenvalue weighted by molar-refractivity contribution is 5.35. The summed E-state index contributed by atoms with van der Waals surface area (Å²) in [5, 5.41) is 0. The first-order valence-corrected chi connectivity index (χ1v) is 5.58. The third kappa shape index (κ3) is 3.29. The molecule has 0 N–H and O–H groups in total. The molecule has 2 rings (SSSR count). The van der Waals surface area contributed by atoms with Gasteiger partial charge in [-0.15, -0.1) is 0 Å². The summed E-state index contributed by atoms with van der Waals surface area (Å²) in [6.45, 7) is 4.25. The van der Waals surface area contributed by atoms with E-state index in [1.54, 1.807) is 6.07 Å². The van der Waals surface area contributed by atoms with E-state index in [0.717, 1.165) is 24.8 Å². The lowest BCUT2D eigenvalue weighted by Crippen LogP contribution is -1.88. The molecule has 15 heavy (non-hydrogen) atoms. The average Bonchev–Trinajstić information content (AvgIpc) is 2.65. The summed E-state index contributed by atoms with van der Waals surface area (Å²) in [7, 11) is 0. The highest BCUT2D eigenvalue weighted by Crippen LogP contribution is 2.27. The van der Waals surface area contributed by atoms with Gasteiger partial charge in [-0.05, 0) is 36.5 Å². The number of hydrogen-bond acceptors (Lipinski definition) is 0. The third-order valence-electron chi connectivity index (χ3n) is 2.37. The molecule has 0 radical (unpaired) electrons. The molecule has 0 atom stereocenters. The van der Waals surface area contributed by atoms with Crippen molar-refractivity contribution in [2.24, 2.45) is 0 Å². The largest absolute Gasteiger partial charge is 0.263 e. The summed E-state index contributed by atoms with van der Waals surface area (Å²) in [6, 6.07) is 5.02. The normalized spacial score (nSPS) is 13.4. The Bertz CT molecular complexity index is 305. The van der Waals surface area contributed by atoms with Crippen molar-refractivity contribution in [3.8, 4) is 0 Å². The predicted molar refractivity (Wildman–Crippen MR) is 59.4 cm³/mol. The van der Waals surface area contributed by atoms with Crippen LogP contribution in [-0.4, -0.2) is 0 Å². The Morgan fingerprint density at radius 2 is 1.73 bits per heavy atom. The first-order valence-electron chi connectivity index (χ1n) is 5.58. The van der Waals surface area contributed by atoms with Crippen molar-refractivity contribution in [1.29, 1.82) is 0 Å². The number of halogens is 2. The van der Waals surface area contributed by atoms with Gasteiger partial charge in [0.1, 0.15) is 0 Å². The lowest BCUT2D eigenvalue weighted by Gasteiger charge is -2.02. The second kappa shape index (κ2) is 5.84. The predicted octanol–water partition coefficient (Wildman–Crippen LogP) is 4.53. The fourth-order valence-corrected chi connectivity index (χ4v) is 1.73. The van der Waals surface area contributed by atoms with Gasteiger partial charge in [-0.1, -0.05) is 32.4 Å². The summed E-state index contributed by atoms with van der Waals surface area (Å²) >= 11 is 0. The molecule has 1 aromatic rings. The van der Waals surface area contributed by atoms with E-state index in [-0.39, 0.29) is 5.56 Å². The molecular weight excluding hydrogens is 194 g/mol. The fraction of sp³-hybridized carbons (Fsp3) is 0.538. The molecule has 0 nitrogen and oxygen atoms in total. The Morgan fingerprint density at radius 3 is 2.33 bits per heavy atom. The Hall–Kier alpha value is -0.920. The minimum atomic E-state index is -2.32. The quantitative estimate of drug-likeness (QED) is 0.641. The molecule has 1 aliphatic carbocycles. The Labute approximate surface area is 90.3 Å². The van der Waals surface area contributed by atoms with Crippen LogP contribution in [0.15, 0.2) is 18.2 Å². The van der Waals surface area contributed by atoms with Crippen molar-refractivity contribution in [1.82, 2.24) is 0 Å². The molecule has 0 amide bonds. The van der Waals surface area contributed by atoms with E-state index in [1.165, 1.54) is 18.1 Å². The van der Waals surface area contributed by atoms with Crippen LogP contribution in [0, 0.1) is 0 Å². The molecule has 0 fully saturated rings. The van der Waals surface area contributed by atoms with Gasteiger partial charge in [0, 0.05) is 5.56 Å². The van der Waals surface area contributed by atoms with Crippen LogP contribution in [0.4, 0.5) is 8.78 Å². The van der Waals surface area contributed by atoms with Crippen LogP contribution in [0.3, 0.4) is 0 Å². The van der Waals surface area contributed by atoms with E-state index >= 15 is 0 Å². The monoisotopic (exact) mass is 212 g/mol. The zero-order valence-corrected chi connectivity index (χ0v) is 9.39. The molecule has 0 saturated heterocycles. The molecule has 0 bridgehead atoms. The van der Waals surface area contributed by atoms with Gasteiger partial charge in [0.2, 0.25) is 0 Å². The van der Waals surface area contributed by atoms with Crippen LogP contribution >= 0.6 is 0 Å². The molecule has 1 aromatic carbocycles. The number of rotatable bonds is 1. The van der Waals surface area contributed by atoms with Crippen LogP contribution in [0.5, 0.6) is 0 Å². The fourth-order valence-electron chi connectivity index (χ4n) is 1.73. The van der Waals surface area contributed by atoms with Gasteiger partial charge >= 0.3 is 0 Å². The van der Waals surface area contributed by atoms with Crippen molar-refractivity contribution in [3.05, 3.63) is 34.9 Å². The number of hydrogen-bond donors (Lipinski definition) is 0. The number of benzene rings is 1. The Kier molecular flexibility index (Phi) is 4.73. The van der Waals surface area contributed by atoms with Crippen molar-refractivity contribution >= 4 is 0 Å². The first-order chi connectivity index (χ1) is 7.19. The second-order valence-electron chi connectivity index (χ2n) is 3.89. The van der Waals surface area contributed by atoms with Crippen molar-refractivity contribution in [2.75, 3.05) is 0 Å². The van der Waals surface area contributed by atoms with Gasteiger partial charge in [-0.25, -0.2) is 8.78 Å². The SMILES string of the molecule is CCC.FC(F)c1ccc2c(c1)CCC2. The molecule has 84 valence electrons. The maximum absolute atomic E-state index is 12.2. The molecular formula is C13H18F2. The Balaban J connectivity index is 0.000000337. The van der Waals surface area contributed by atoms with Gasteiger partial charge in [0.05, 0.1) is 0 Å². The van der Waals surface area contributed by atoms with Gasteiger partial charge in [-0.2, -0.15) is 0 Å². The molecule has 0 aromatic heterocycles. The van der Waals surface area contributed by atoms with Gasteiger partial charge in [0.25, 0.3) is 6.43 Å². The van der Waals surface area contributed by atoms with Crippen LogP contribution < -0.4 is 0 Å². The number of fused-ring (bicyclic) bond motifs is 1. The van der Waals surface area contributed by atoms with Gasteiger partial charge < -0.3 is 0 Å². The van der Waals surface area contributed by atoms with Crippen LogP contribution in [0.1, 0.15) is 49.8 Å². The van der Waals surface area contributed by atoms with E-state index in [2.05, 4.69) is 13.8 Å². The van der Waals surface area contributed by atoms with Crippen LogP contribution in [0.2, 0.25) is 0 Å². The summed E-state index contributed by atoms with van der Waals surface area (Å²) in [5.41, 5.74) is 2.53. The summed E-state index contributed by atoms with van der Waals surface area (Å²) in [4.78, 5) is 0. The minimum Gasteiger partial charge on any atom is -0.205 e. The van der Waals surface area contributed by atoms with Crippen molar-refractivity contribution in [2.45, 2.75) is 46.0 Å². The highest BCUT2D eigenvalue weighted by atomic mass is 19.3. The lowest BCUT2D eigenvalue weighted by molar-refractivity contribution is 0.151. The summed E-state index contributed by atoms with van der Waals surface area (Å²) in [6.07, 6.45) is 2.06. The molecule has 0 spiro atoms. The van der Waals surface area contributed by atoms with Gasteiger partial charge in [-0.3, -0.25) is 0 Å². The van der Waals surface area contributed by atoms with Crippen molar-refractivity contribution in [3.63, 3.8) is 0 Å². The van der Waals surface area contributed by atoms with Crippen LogP contribution in [-0.2, 0) is 12.8 Å². The van der Waals surface area contributed by atoms with E-state index in [9.17, 15) is 8.78 Å². The second-order valence-corrected chi connectivity index (χ2v) is 3.89. The van der Waals surface area contributed by atoms with E-state index < -0.39 is 6.43 Å². The average molecular weight is 212 g/mol. The van der Waals surface area contributed by atoms with Crippen molar-refractivity contribution < 1.29 is 8.78 Å². The molecule has 0 saturated carbocycles. The lowest BCUT2D eigenvalue weighted by atomic mass is 10.1. The van der Waals surface area contributed by atoms with E-state index in [1.807, 2.05) is 6.07 Å². The van der Waals surface area contributed by atoms with Gasteiger partial charge in [0.15, 0.2) is 0 Å². The molecule has 0 aliphatic heterocycles. The standard InChI is InChI=1S/C10H10F2.C3H8/c11-10(12)9-5-4-7-2-1-3-8(7)6-9;1-3-2/h4-6,10H,1-3H2;3H2,1-2H3. The first kappa shape index (κ1) is 12.2. The molecule has 0 unspecified atom stereocenters. The molecule has 1 aliphatic rings. The topological polar surface area (TPSA) is 0 Å². The zero-order valence-electron chi connectivity index (χ0n) is 9.39. The third-order valence-corrected chi connectivity index (χ3v) is 2.37. The van der Waals surface area contributed by atoms with E-state index in [0.29, 0.717) is 0 Å². The maximum Gasteiger partial charge on any atom is 0.263 e. The van der Waals surface area contributed by atoms with E-state index in [4.69, 9.17) is 0 Å². The molecule has 2 heteroatoms. The number of alkyl halides is 2. The summed E-state index contributed by atoms with van der Waals surface area (Å²) in [5.74, 6) is 0. The Morgan fingerprint density at radius 1 is 1.13 bits per heavy atom. The zero-order chi connectivity index (χ0) is 11.3. The van der Waals surface area contributed by atoms with Crippen LogP contribution in [0.25, 0.3) is 0 Å². The number of aryl methyl sites for hydroxylation is 2. The highest BCUT2D eigenvalue weighted by Gasteiger charge is 2.14. The minimum absolute atomic E-state index is 0.163. The molecule has 0 heterocycles. The summed E-state index contributed by atoms with van der Waals surface area (Å²) < 4.78 is 24.5. The maximum atomic E-state index is 12.2. The smallest absolute Gasteiger partial charge is 0.205 e.